The van der Waals surface area contributed by atoms with Crippen LogP contribution in [0.2, 0.25) is 5.02 Å². The predicted molar refractivity (Wildman–Crippen MR) is 107 cm³/mol. The van der Waals surface area contributed by atoms with E-state index in [0.717, 1.165) is 11.1 Å². The van der Waals surface area contributed by atoms with Gasteiger partial charge in [0.15, 0.2) is 6.10 Å². The number of rotatable bonds is 7. The lowest BCUT2D eigenvalue weighted by Gasteiger charge is -2.22. The summed E-state index contributed by atoms with van der Waals surface area (Å²) in [5.74, 6) is 1.31. The largest absolute Gasteiger partial charge is 0.481 e. The number of likely N-dealkylation sites (N-methyl/N-ethyl adjacent to an activating group) is 1. The van der Waals surface area contributed by atoms with Crippen molar-refractivity contribution in [3.63, 3.8) is 0 Å². The van der Waals surface area contributed by atoms with Gasteiger partial charge in [0.25, 0.3) is 5.91 Å². The minimum Gasteiger partial charge on any atom is -0.481 e. The summed E-state index contributed by atoms with van der Waals surface area (Å²) in [4.78, 5) is 18.7. The van der Waals surface area contributed by atoms with Gasteiger partial charge in [-0.3, -0.25) is 4.79 Å². The van der Waals surface area contributed by atoms with Crippen LogP contribution >= 0.6 is 11.6 Å². The molecule has 0 aliphatic carbocycles. The zero-order valence-electron chi connectivity index (χ0n) is 16.1. The second-order valence-electron chi connectivity index (χ2n) is 6.54. The first-order chi connectivity index (χ1) is 13.5. The highest BCUT2D eigenvalue weighted by atomic mass is 35.5. The van der Waals surface area contributed by atoms with Gasteiger partial charge in [-0.1, -0.05) is 47.4 Å². The third-order valence-electron chi connectivity index (χ3n) is 4.23. The van der Waals surface area contributed by atoms with E-state index in [-0.39, 0.29) is 12.5 Å². The molecule has 0 N–H and O–H groups in total. The van der Waals surface area contributed by atoms with Crippen LogP contribution in [0.4, 0.5) is 0 Å². The van der Waals surface area contributed by atoms with E-state index in [1.54, 1.807) is 31.3 Å². The highest BCUT2D eigenvalue weighted by molar-refractivity contribution is 6.30. The van der Waals surface area contributed by atoms with E-state index in [9.17, 15) is 4.79 Å². The van der Waals surface area contributed by atoms with Gasteiger partial charge in [0.05, 0.1) is 6.54 Å². The maximum atomic E-state index is 12.8. The van der Waals surface area contributed by atoms with Gasteiger partial charge in [0, 0.05) is 17.6 Å². The van der Waals surface area contributed by atoms with Gasteiger partial charge in [-0.25, -0.2) is 0 Å². The Morgan fingerprint density at radius 1 is 1.25 bits per heavy atom. The summed E-state index contributed by atoms with van der Waals surface area (Å²) in [6.45, 7) is 4.11. The van der Waals surface area contributed by atoms with E-state index in [4.69, 9.17) is 20.9 Å². The molecule has 3 rings (SSSR count). The van der Waals surface area contributed by atoms with Crippen LogP contribution in [0.1, 0.15) is 24.8 Å². The van der Waals surface area contributed by atoms with Crippen molar-refractivity contribution in [3.8, 4) is 17.1 Å². The molecule has 0 aliphatic heterocycles. The summed E-state index contributed by atoms with van der Waals surface area (Å²) in [7, 11) is 1.69. The Kier molecular flexibility index (Phi) is 6.31. The molecule has 0 spiro atoms. The van der Waals surface area contributed by atoms with Crippen molar-refractivity contribution in [2.24, 2.45) is 0 Å². The minimum atomic E-state index is -0.606. The number of aryl methyl sites for hydroxylation is 1. The third kappa shape index (κ3) is 4.89. The third-order valence-corrected chi connectivity index (χ3v) is 4.48. The summed E-state index contributed by atoms with van der Waals surface area (Å²) < 4.78 is 11.1. The van der Waals surface area contributed by atoms with E-state index in [2.05, 4.69) is 10.1 Å². The number of benzene rings is 2. The summed E-state index contributed by atoms with van der Waals surface area (Å²) in [6, 6.07) is 14.8. The summed E-state index contributed by atoms with van der Waals surface area (Å²) >= 11 is 5.89. The maximum absolute atomic E-state index is 12.8. The number of amides is 1. The van der Waals surface area contributed by atoms with E-state index in [1.165, 1.54) is 4.90 Å². The molecule has 0 radical (unpaired) electrons. The molecule has 0 fully saturated rings. The lowest BCUT2D eigenvalue weighted by molar-refractivity contribution is -0.138. The zero-order chi connectivity index (χ0) is 20.1. The van der Waals surface area contributed by atoms with E-state index in [1.807, 2.05) is 38.1 Å². The van der Waals surface area contributed by atoms with Crippen molar-refractivity contribution in [2.75, 3.05) is 7.05 Å². The van der Waals surface area contributed by atoms with E-state index >= 15 is 0 Å². The fraction of sp³-hybridized carbons (Fsp3) is 0.286. The Morgan fingerprint density at radius 3 is 2.68 bits per heavy atom. The van der Waals surface area contributed by atoms with E-state index in [0.29, 0.717) is 28.9 Å². The number of halogens is 1. The Hall–Kier alpha value is -2.86. The number of aromatic nitrogens is 2. The van der Waals surface area contributed by atoms with Crippen LogP contribution in [0.3, 0.4) is 0 Å². The first-order valence-electron chi connectivity index (χ1n) is 9.03. The van der Waals surface area contributed by atoms with E-state index < -0.39 is 6.10 Å². The second-order valence-corrected chi connectivity index (χ2v) is 6.98. The highest BCUT2D eigenvalue weighted by Crippen LogP contribution is 2.20. The molecule has 7 heteroatoms. The van der Waals surface area contributed by atoms with Gasteiger partial charge >= 0.3 is 0 Å². The minimum absolute atomic E-state index is 0.159. The lowest BCUT2D eigenvalue weighted by Crippen LogP contribution is -2.39. The molecule has 2 aromatic carbocycles. The van der Waals surface area contributed by atoms with Gasteiger partial charge < -0.3 is 14.2 Å². The van der Waals surface area contributed by atoms with Crippen LogP contribution in [-0.4, -0.2) is 34.1 Å². The molecule has 1 amide bonds. The number of nitrogens with zero attached hydrogens (tertiary/aromatic N) is 3. The number of carbonyl (C=O) groups is 1. The first-order valence-corrected chi connectivity index (χ1v) is 9.41. The lowest BCUT2D eigenvalue weighted by atomic mass is 10.1. The normalized spacial score (nSPS) is 11.9. The number of hydrogen-bond donors (Lipinski definition) is 0. The van der Waals surface area contributed by atoms with Crippen molar-refractivity contribution in [2.45, 2.75) is 32.9 Å². The van der Waals surface area contributed by atoms with Crippen LogP contribution in [0.5, 0.6) is 5.75 Å². The van der Waals surface area contributed by atoms with Crippen molar-refractivity contribution < 1.29 is 14.1 Å². The van der Waals surface area contributed by atoms with Gasteiger partial charge in [-0.2, -0.15) is 4.98 Å². The second kappa shape index (κ2) is 8.89. The maximum Gasteiger partial charge on any atom is 0.263 e. The van der Waals surface area contributed by atoms with Crippen molar-refractivity contribution in [1.29, 1.82) is 0 Å². The zero-order valence-corrected chi connectivity index (χ0v) is 16.8. The molecule has 1 atom stereocenters. The standard InChI is InChI=1S/C21H22ClN3O3/c1-4-18(27-17-10-8-16(22)9-11-17)21(26)25(3)13-19-23-20(24-28-19)15-7-5-6-14(2)12-15/h5-12,18H,4,13H2,1-3H3. The molecule has 0 aliphatic rings. The van der Waals surface area contributed by atoms with Gasteiger partial charge in [0.1, 0.15) is 5.75 Å². The molecular weight excluding hydrogens is 378 g/mol. The molecule has 1 aromatic heterocycles. The van der Waals surface area contributed by atoms with Crippen LogP contribution in [-0.2, 0) is 11.3 Å². The number of hydrogen-bond acceptors (Lipinski definition) is 5. The SMILES string of the molecule is CCC(Oc1ccc(Cl)cc1)C(=O)N(C)Cc1nc(-c2cccc(C)c2)no1. The van der Waals surface area contributed by atoms with Gasteiger partial charge in [0.2, 0.25) is 11.7 Å². The Morgan fingerprint density at radius 2 is 2.00 bits per heavy atom. The fourth-order valence-electron chi connectivity index (χ4n) is 2.73. The van der Waals surface area contributed by atoms with Crippen LogP contribution < -0.4 is 4.74 Å². The topological polar surface area (TPSA) is 68.5 Å². The average molecular weight is 400 g/mol. The molecule has 28 heavy (non-hydrogen) atoms. The summed E-state index contributed by atoms with van der Waals surface area (Å²) in [6.07, 6.45) is -0.0742. The molecule has 0 bridgehead atoms. The first kappa shape index (κ1) is 19.9. The van der Waals surface area contributed by atoms with Gasteiger partial charge in [-0.15, -0.1) is 0 Å². The van der Waals surface area contributed by atoms with Crippen LogP contribution in [0.25, 0.3) is 11.4 Å². The summed E-state index contributed by atoms with van der Waals surface area (Å²) in [5, 5.41) is 4.63. The van der Waals surface area contributed by atoms with Crippen molar-refractivity contribution in [1.82, 2.24) is 15.0 Å². The Bertz CT molecular complexity index is 940. The molecular formula is C21H22ClN3O3. The smallest absolute Gasteiger partial charge is 0.263 e. The fourth-order valence-corrected chi connectivity index (χ4v) is 2.86. The number of carbonyl (C=O) groups excluding carboxylic acids is 1. The molecule has 0 saturated carbocycles. The number of ether oxygens (including phenoxy) is 1. The van der Waals surface area contributed by atoms with Crippen molar-refractivity contribution in [3.05, 3.63) is 65.0 Å². The summed E-state index contributed by atoms with van der Waals surface area (Å²) in [5.41, 5.74) is 1.99. The molecule has 3 aromatic rings. The van der Waals surface area contributed by atoms with Gasteiger partial charge in [-0.05, 0) is 43.7 Å². The monoisotopic (exact) mass is 399 g/mol. The molecule has 146 valence electrons. The molecule has 1 unspecified atom stereocenters. The Labute approximate surface area is 169 Å². The van der Waals surface area contributed by atoms with Crippen LogP contribution in [0, 0.1) is 6.92 Å². The predicted octanol–water partition coefficient (Wildman–Crippen LogP) is 4.51. The molecule has 1 heterocycles. The molecule has 0 saturated heterocycles. The van der Waals surface area contributed by atoms with Crippen molar-refractivity contribution >= 4 is 17.5 Å². The highest BCUT2D eigenvalue weighted by Gasteiger charge is 2.24. The van der Waals surface area contributed by atoms with Crippen LogP contribution in [0.15, 0.2) is 53.1 Å². The molecule has 6 nitrogen and oxygen atoms in total. The average Bonchev–Trinajstić information content (AvgIpc) is 3.15. The quantitative estimate of drug-likeness (QED) is 0.584. The Balaban J connectivity index is 1.65.